The maximum Gasteiger partial charge on any atom is 0.348 e. The smallest absolute Gasteiger partial charge is 0.348 e. The number of esters is 3. The molecular weight excluding hydrogens is 765 g/mol. The summed E-state index contributed by atoms with van der Waals surface area (Å²) in [5.74, 6) is 1.95. The van der Waals surface area contributed by atoms with Gasteiger partial charge in [0.05, 0.1) is 7.11 Å². The molecule has 0 radical (unpaired) electrons. The Morgan fingerprint density at radius 1 is 0.787 bits per heavy atom. The van der Waals surface area contributed by atoms with Crippen molar-refractivity contribution in [1.29, 1.82) is 0 Å². The first kappa shape index (κ1) is 40.1. The number of hydrogen-bond donors (Lipinski definition) is 0. The van der Waals surface area contributed by atoms with Crippen molar-refractivity contribution >= 4 is 40.0 Å². The van der Waals surface area contributed by atoms with Gasteiger partial charge in [-0.1, -0.05) is 63.2 Å². The average Bonchev–Trinajstić information content (AvgIpc) is 3.91. The van der Waals surface area contributed by atoms with E-state index in [9.17, 15) is 14.4 Å². The van der Waals surface area contributed by atoms with E-state index in [1.54, 1.807) is 0 Å². The van der Waals surface area contributed by atoms with Crippen LogP contribution in [0.5, 0.6) is 0 Å². The number of para-hydroxylation sites is 4. The third kappa shape index (κ3) is 7.06. The van der Waals surface area contributed by atoms with E-state index in [1.165, 1.54) is 7.11 Å². The van der Waals surface area contributed by atoms with Crippen molar-refractivity contribution in [3.63, 3.8) is 0 Å². The molecule has 4 aliphatic carbocycles. The van der Waals surface area contributed by atoms with Crippen LogP contribution >= 0.6 is 0 Å². The van der Waals surface area contributed by atoms with E-state index in [4.69, 9.17) is 14.2 Å². The minimum absolute atomic E-state index is 0.0698. The highest BCUT2D eigenvalue weighted by molar-refractivity contribution is 5.77. The molecule has 6 aliphatic rings. The quantitative estimate of drug-likeness (QED) is 0.104. The Hall–Kier alpha value is -4.99. The maximum absolute atomic E-state index is 14.5. The number of carbonyl (C=O) groups excluding carboxylic acids is 3. The number of ether oxygens (including phenoxy) is 3. The third-order valence-corrected chi connectivity index (χ3v) is 16.9. The van der Waals surface area contributed by atoms with Crippen LogP contribution in [0.15, 0.2) is 85.5 Å². The van der Waals surface area contributed by atoms with Gasteiger partial charge in [-0.05, 0) is 140 Å². The summed E-state index contributed by atoms with van der Waals surface area (Å²) < 4.78 is 27.0. The number of fused-ring (bicyclic) bond motifs is 9. The molecule has 4 fully saturated rings. The first-order valence-electron chi connectivity index (χ1n) is 23.0. The zero-order valence-corrected chi connectivity index (χ0v) is 36.3. The van der Waals surface area contributed by atoms with Gasteiger partial charge in [0.25, 0.3) is 0 Å². The molecule has 4 saturated carbocycles. The highest BCUT2D eigenvalue weighted by Gasteiger charge is 2.65. The summed E-state index contributed by atoms with van der Waals surface area (Å²) in [7, 11) is 1.47. The molecule has 11 rings (SSSR count). The molecule has 320 valence electrons. The standard InChI is InChI=1S/C51H62N4O6/c1-33(16-21-47(56)59-4)39-19-20-40-38-18-17-36-25-37-22-23-50(36,2)41(38)26-46(51(39,40)3)61-49(58)30-55-32-53(43-13-6-8-15-45(43)55)28-35-11-9-10-34(24-35)27-52-31-54(29-48(57)60-37)44-14-7-5-12-42(44)52/h5-15,24,31-33,36-41,46H,16-23,25-30H2,1-4H3/q+2/t33-,36-,37-,38+,39-,40+,41+,46+,50+,51-/m1/s1. The molecule has 5 aromatic rings. The molecule has 4 heterocycles. The molecule has 61 heavy (non-hydrogen) atoms. The second-order valence-corrected chi connectivity index (χ2v) is 19.9. The van der Waals surface area contributed by atoms with Crippen LogP contribution in [0.1, 0.15) is 96.1 Å². The lowest BCUT2D eigenvalue weighted by molar-refractivity contribution is -0.664. The first-order valence-corrected chi connectivity index (χ1v) is 23.0. The van der Waals surface area contributed by atoms with Gasteiger partial charge in [0.2, 0.25) is 12.7 Å². The van der Waals surface area contributed by atoms with Crippen LogP contribution < -0.4 is 9.13 Å². The van der Waals surface area contributed by atoms with Gasteiger partial charge in [0.1, 0.15) is 25.3 Å². The number of carbonyl (C=O) groups is 3. The van der Waals surface area contributed by atoms with E-state index >= 15 is 0 Å². The fraction of sp³-hybridized carbons (Fsp3) is 0.549. The fourth-order valence-corrected chi connectivity index (χ4v) is 14.0. The van der Waals surface area contributed by atoms with E-state index in [1.807, 2.05) is 12.1 Å². The SMILES string of the molecule is COC(=O)CC[C@@H](C)[C@H]1CC[C@H]2[C@@H]3CC[C@@H]4C[C@H]5CC[C@]4(C)[C@H]3C[C@H](OC(=O)Cn3c[n+](c4ccccc43)Cc3cccc(c3)C[n+]3cn(c4ccccc43)CC(=O)O5)[C@]12C. The van der Waals surface area contributed by atoms with Crippen molar-refractivity contribution in [2.45, 2.75) is 123 Å². The largest absolute Gasteiger partial charge is 0.469 e. The molecule has 0 amide bonds. The fourth-order valence-electron chi connectivity index (χ4n) is 14.0. The van der Waals surface area contributed by atoms with Crippen molar-refractivity contribution < 1.29 is 37.7 Å². The molecule has 0 saturated heterocycles. The van der Waals surface area contributed by atoms with E-state index < -0.39 is 0 Å². The van der Waals surface area contributed by atoms with Crippen LogP contribution in [-0.2, 0) is 54.8 Å². The van der Waals surface area contributed by atoms with E-state index in [0.717, 1.165) is 91.0 Å². The predicted octanol–water partition coefficient (Wildman–Crippen LogP) is 7.96. The first-order chi connectivity index (χ1) is 29.5. The van der Waals surface area contributed by atoms with Crippen LogP contribution in [-0.4, -0.2) is 46.4 Å². The summed E-state index contributed by atoms with van der Waals surface area (Å²) in [6.07, 6.45) is 13.1. The van der Waals surface area contributed by atoms with Gasteiger partial charge < -0.3 is 14.2 Å². The molecule has 3 aromatic carbocycles. The highest BCUT2D eigenvalue weighted by atomic mass is 16.5. The molecule has 2 aliphatic heterocycles. The number of benzene rings is 3. The summed E-state index contributed by atoms with van der Waals surface area (Å²) in [4.78, 5) is 40.7. The lowest BCUT2D eigenvalue weighted by atomic mass is 9.43. The van der Waals surface area contributed by atoms with Gasteiger partial charge in [-0.15, -0.1) is 0 Å². The van der Waals surface area contributed by atoms with E-state index in [2.05, 4.69) is 112 Å². The third-order valence-electron chi connectivity index (χ3n) is 16.9. The van der Waals surface area contributed by atoms with Crippen LogP contribution in [0.25, 0.3) is 22.1 Å². The normalized spacial score (nSPS) is 31.9. The molecule has 0 unspecified atom stereocenters. The monoisotopic (exact) mass is 826 g/mol. The Morgan fingerprint density at radius 3 is 2.08 bits per heavy atom. The highest BCUT2D eigenvalue weighted by Crippen LogP contribution is 2.69. The van der Waals surface area contributed by atoms with Crippen molar-refractivity contribution in [3.8, 4) is 0 Å². The summed E-state index contributed by atoms with van der Waals surface area (Å²) >= 11 is 0. The molecule has 10 nitrogen and oxygen atoms in total. The van der Waals surface area contributed by atoms with Crippen LogP contribution in [0, 0.1) is 46.3 Å². The number of rotatable bonds is 4. The van der Waals surface area contributed by atoms with Crippen molar-refractivity contribution in [2.75, 3.05) is 7.11 Å². The summed E-state index contributed by atoms with van der Waals surface area (Å²) in [6, 6.07) is 25.3. The Morgan fingerprint density at radius 2 is 1.43 bits per heavy atom. The minimum Gasteiger partial charge on any atom is -0.469 e. The van der Waals surface area contributed by atoms with Crippen molar-refractivity contribution in [2.24, 2.45) is 46.3 Å². The molecule has 2 aromatic heterocycles. The molecule has 0 spiro atoms. The summed E-state index contributed by atoms with van der Waals surface area (Å²) in [5, 5.41) is 0. The van der Waals surface area contributed by atoms with Crippen LogP contribution in [0.3, 0.4) is 0 Å². The van der Waals surface area contributed by atoms with Gasteiger partial charge in [-0.2, -0.15) is 0 Å². The number of hydrogen-bond acceptors (Lipinski definition) is 6. The van der Waals surface area contributed by atoms with Crippen molar-refractivity contribution in [3.05, 3.63) is 96.6 Å². The number of methoxy groups -OCH3 is 1. The Kier molecular flexibility index (Phi) is 10.3. The second kappa shape index (κ2) is 15.7. The lowest BCUT2D eigenvalue weighted by Gasteiger charge is -2.62. The molecule has 0 N–H and O–H groups in total. The van der Waals surface area contributed by atoms with E-state index in [-0.39, 0.29) is 54.0 Å². The predicted molar refractivity (Wildman–Crippen MR) is 230 cm³/mol. The summed E-state index contributed by atoms with van der Waals surface area (Å²) in [5.41, 5.74) is 6.36. The number of aromatic nitrogens is 4. The second-order valence-electron chi connectivity index (χ2n) is 19.9. The zero-order valence-electron chi connectivity index (χ0n) is 36.3. The topological polar surface area (TPSA) is 96.5 Å². The van der Waals surface area contributed by atoms with Crippen LogP contribution in [0.4, 0.5) is 0 Å². The Labute approximate surface area is 359 Å². The van der Waals surface area contributed by atoms with Gasteiger partial charge in [-0.3, -0.25) is 4.79 Å². The minimum atomic E-state index is -0.230. The number of imidazole rings is 2. The van der Waals surface area contributed by atoms with E-state index in [0.29, 0.717) is 55.0 Å². The van der Waals surface area contributed by atoms with Crippen molar-refractivity contribution in [1.82, 2.24) is 9.13 Å². The van der Waals surface area contributed by atoms with Gasteiger partial charge in [0.15, 0.2) is 35.2 Å². The lowest BCUT2D eigenvalue weighted by Crippen LogP contribution is -2.59. The zero-order chi connectivity index (χ0) is 42.0. The summed E-state index contributed by atoms with van der Waals surface area (Å²) in [6.45, 7) is 8.85. The molecule has 10 heteroatoms. The Balaban J connectivity index is 1.02. The van der Waals surface area contributed by atoms with Gasteiger partial charge in [0, 0.05) is 11.8 Å². The van der Waals surface area contributed by atoms with Crippen LogP contribution in [0.2, 0.25) is 0 Å². The molecule has 10 atom stereocenters. The molecular formula is C51H62N4O6+2. The average molecular weight is 827 g/mol. The van der Waals surface area contributed by atoms with Gasteiger partial charge in [-0.25, -0.2) is 27.9 Å². The Bertz CT molecular complexity index is 2490. The maximum atomic E-state index is 14.5. The van der Waals surface area contributed by atoms with Gasteiger partial charge >= 0.3 is 17.9 Å². The number of nitrogens with zero attached hydrogens (tertiary/aromatic N) is 4. The molecule has 11 bridgehead atoms.